The summed E-state index contributed by atoms with van der Waals surface area (Å²) in [6.07, 6.45) is 0. The molecule has 0 aliphatic carbocycles. The molecule has 3 amide bonds. The molecule has 0 bridgehead atoms. The summed E-state index contributed by atoms with van der Waals surface area (Å²) in [5, 5.41) is 2.74. The largest absolute Gasteiger partial charge is 0.335 e. The van der Waals surface area contributed by atoms with Crippen molar-refractivity contribution in [2.75, 3.05) is 36.2 Å². The third-order valence-electron chi connectivity index (χ3n) is 5.44. The summed E-state index contributed by atoms with van der Waals surface area (Å²) in [6.45, 7) is 1.24. The lowest BCUT2D eigenvalue weighted by Crippen LogP contribution is -2.51. The van der Waals surface area contributed by atoms with Gasteiger partial charge in [0.2, 0.25) is 0 Å². The first-order valence-electron chi connectivity index (χ1n) is 10.7. The molecule has 4 rings (SSSR count). The highest BCUT2D eigenvalue weighted by molar-refractivity contribution is 7.92. The topological polar surface area (TPSA) is 98.8 Å². The molecule has 2 N–H and O–H groups in total. The average Bonchev–Trinajstić information content (AvgIpc) is 2.85. The minimum Gasteiger partial charge on any atom is -0.335 e. The number of carbonyl (C=O) groups is 2. The number of hydrogen-bond acceptors (Lipinski definition) is 4. The highest BCUT2D eigenvalue weighted by atomic mass is 32.2. The van der Waals surface area contributed by atoms with E-state index in [9.17, 15) is 26.8 Å². The molecule has 0 spiro atoms. The molecule has 0 aromatic heterocycles. The van der Waals surface area contributed by atoms with E-state index in [1.807, 2.05) is 0 Å². The molecule has 1 fully saturated rings. The Hall–Kier alpha value is -3.99. The lowest BCUT2D eigenvalue weighted by Gasteiger charge is -2.34. The van der Waals surface area contributed by atoms with Crippen LogP contribution in [-0.4, -0.2) is 56.3 Å². The first-order valence-corrected chi connectivity index (χ1v) is 12.2. The van der Waals surface area contributed by atoms with Crippen LogP contribution in [-0.2, 0) is 10.0 Å². The van der Waals surface area contributed by atoms with Crippen LogP contribution < -0.4 is 10.0 Å². The number of sulfonamides is 1. The monoisotopic (exact) mass is 500 g/mol. The number of anilines is 2. The van der Waals surface area contributed by atoms with E-state index >= 15 is 0 Å². The molecule has 1 aliphatic rings. The molecule has 0 unspecified atom stereocenters. The van der Waals surface area contributed by atoms with Gasteiger partial charge in [-0.15, -0.1) is 0 Å². The SMILES string of the molecule is O=C(Nc1ccc(NS(=O)(=O)c2ccc(F)cc2)cc1)N1CCN(C(=O)c2cccc(F)c2)CC1. The molecule has 11 heteroatoms. The number of nitrogens with zero attached hydrogens (tertiary/aromatic N) is 2. The summed E-state index contributed by atoms with van der Waals surface area (Å²) in [5.74, 6) is -1.31. The van der Waals surface area contributed by atoms with E-state index in [1.165, 1.54) is 30.3 Å². The second-order valence-electron chi connectivity index (χ2n) is 7.86. The van der Waals surface area contributed by atoms with E-state index in [1.54, 1.807) is 28.0 Å². The maximum Gasteiger partial charge on any atom is 0.321 e. The maximum absolute atomic E-state index is 13.4. The first-order chi connectivity index (χ1) is 16.7. The highest BCUT2D eigenvalue weighted by Gasteiger charge is 2.25. The van der Waals surface area contributed by atoms with Gasteiger partial charge in [-0.25, -0.2) is 22.0 Å². The Labute approximate surface area is 201 Å². The van der Waals surface area contributed by atoms with Gasteiger partial charge in [0.25, 0.3) is 15.9 Å². The summed E-state index contributed by atoms with van der Waals surface area (Å²) < 4.78 is 53.6. The molecule has 1 saturated heterocycles. The molecule has 3 aromatic carbocycles. The number of rotatable bonds is 5. The first kappa shape index (κ1) is 24.1. The number of carbonyl (C=O) groups excluding carboxylic acids is 2. The van der Waals surface area contributed by atoms with Crippen LogP contribution >= 0.6 is 0 Å². The van der Waals surface area contributed by atoms with Gasteiger partial charge in [0.15, 0.2) is 0 Å². The van der Waals surface area contributed by atoms with E-state index in [-0.39, 0.29) is 28.1 Å². The van der Waals surface area contributed by atoms with Gasteiger partial charge in [-0.05, 0) is 66.7 Å². The van der Waals surface area contributed by atoms with Crippen molar-refractivity contribution in [3.8, 4) is 0 Å². The number of benzene rings is 3. The van der Waals surface area contributed by atoms with E-state index in [0.717, 1.165) is 24.3 Å². The van der Waals surface area contributed by atoms with Crippen LogP contribution in [0.5, 0.6) is 0 Å². The van der Waals surface area contributed by atoms with Crippen LogP contribution in [0, 0.1) is 11.6 Å². The molecule has 0 saturated carbocycles. The second-order valence-corrected chi connectivity index (χ2v) is 9.54. The van der Waals surface area contributed by atoms with Gasteiger partial charge in [-0.1, -0.05) is 6.07 Å². The van der Waals surface area contributed by atoms with Gasteiger partial charge in [0, 0.05) is 43.1 Å². The highest BCUT2D eigenvalue weighted by Crippen LogP contribution is 2.19. The van der Waals surface area contributed by atoms with E-state index in [0.29, 0.717) is 31.9 Å². The Bertz CT molecular complexity index is 1320. The Balaban J connectivity index is 1.30. The lowest BCUT2D eigenvalue weighted by molar-refractivity contribution is 0.0671. The van der Waals surface area contributed by atoms with Gasteiger partial charge >= 0.3 is 6.03 Å². The minimum absolute atomic E-state index is 0.0775. The predicted octanol–water partition coefficient (Wildman–Crippen LogP) is 3.76. The quantitative estimate of drug-likeness (QED) is 0.557. The van der Waals surface area contributed by atoms with Crippen LogP contribution in [0.1, 0.15) is 10.4 Å². The molecule has 182 valence electrons. The van der Waals surface area contributed by atoms with Crippen molar-refractivity contribution < 1.29 is 26.8 Å². The Morgan fingerprint density at radius 1 is 0.743 bits per heavy atom. The van der Waals surface area contributed by atoms with Crippen molar-refractivity contribution in [2.24, 2.45) is 0 Å². The van der Waals surface area contributed by atoms with Crippen molar-refractivity contribution in [3.05, 3.63) is 90.0 Å². The van der Waals surface area contributed by atoms with Crippen LogP contribution in [0.15, 0.2) is 77.7 Å². The molecule has 3 aromatic rings. The van der Waals surface area contributed by atoms with Crippen molar-refractivity contribution in [3.63, 3.8) is 0 Å². The molecule has 1 aliphatic heterocycles. The van der Waals surface area contributed by atoms with Crippen molar-refractivity contribution in [1.29, 1.82) is 0 Å². The van der Waals surface area contributed by atoms with Crippen molar-refractivity contribution in [2.45, 2.75) is 4.90 Å². The van der Waals surface area contributed by atoms with Gasteiger partial charge in [-0.2, -0.15) is 0 Å². The maximum atomic E-state index is 13.4. The number of nitrogens with one attached hydrogen (secondary N) is 2. The zero-order valence-corrected chi connectivity index (χ0v) is 19.3. The summed E-state index contributed by atoms with van der Waals surface area (Å²) in [4.78, 5) is 28.2. The fourth-order valence-electron chi connectivity index (χ4n) is 3.57. The zero-order chi connectivity index (χ0) is 25.0. The number of halogens is 2. The van der Waals surface area contributed by atoms with Gasteiger partial charge in [-0.3, -0.25) is 9.52 Å². The van der Waals surface area contributed by atoms with Crippen LogP contribution in [0.4, 0.5) is 25.0 Å². The fourth-order valence-corrected chi connectivity index (χ4v) is 4.63. The zero-order valence-electron chi connectivity index (χ0n) is 18.4. The van der Waals surface area contributed by atoms with Crippen molar-refractivity contribution in [1.82, 2.24) is 9.80 Å². The number of amides is 3. The normalized spacial score (nSPS) is 13.9. The predicted molar refractivity (Wildman–Crippen MR) is 127 cm³/mol. The van der Waals surface area contributed by atoms with Crippen LogP contribution in [0.3, 0.4) is 0 Å². The second kappa shape index (κ2) is 10.1. The minimum atomic E-state index is -3.88. The third-order valence-corrected chi connectivity index (χ3v) is 6.84. The Kier molecular flexibility index (Phi) is 6.97. The summed E-state index contributed by atoms with van der Waals surface area (Å²) in [7, 11) is -3.88. The van der Waals surface area contributed by atoms with E-state index < -0.39 is 21.7 Å². The molecular formula is C24H22F2N4O4S. The van der Waals surface area contributed by atoms with Crippen molar-refractivity contribution >= 4 is 33.3 Å². The number of piperazine rings is 1. The Morgan fingerprint density at radius 2 is 1.34 bits per heavy atom. The standard InChI is InChI=1S/C24H22F2N4O4S/c25-18-4-10-22(11-5-18)35(33,34)28-21-8-6-20(7-9-21)27-24(32)30-14-12-29(13-15-30)23(31)17-2-1-3-19(26)16-17/h1-11,16,28H,12-15H2,(H,27,32). The number of hydrogen-bond donors (Lipinski definition) is 2. The summed E-state index contributed by atoms with van der Waals surface area (Å²) >= 11 is 0. The molecule has 0 atom stereocenters. The average molecular weight is 501 g/mol. The fraction of sp³-hybridized carbons (Fsp3) is 0.167. The van der Waals surface area contributed by atoms with Crippen LogP contribution in [0.25, 0.3) is 0 Å². The van der Waals surface area contributed by atoms with Crippen LogP contribution in [0.2, 0.25) is 0 Å². The summed E-state index contributed by atoms with van der Waals surface area (Å²) in [6, 6.07) is 15.6. The Morgan fingerprint density at radius 3 is 1.97 bits per heavy atom. The molecule has 35 heavy (non-hydrogen) atoms. The van der Waals surface area contributed by atoms with E-state index in [4.69, 9.17) is 0 Å². The number of urea groups is 1. The van der Waals surface area contributed by atoms with Gasteiger partial charge in [0.1, 0.15) is 11.6 Å². The third kappa shape index (κ3) is 5.93. The molecule has 8 nitrogen and oxygen atoms in total. The molecule has 0 radical (unpaired) electrons. The summed E-state index contributed by atoms with van der Waals surface area (Å²) in [5.41, 5.74) is 0.993. The molecular weight excluding hydrogens is 478 g/mol. The lowest BCUT2D eigenvalue weighted by atomic mass is 10.2. The molecule has 1 heterocycles. The van der Waals surface area contributed by atoms with E-state index in [2.05, 4.69) is 10.0 Å². The van der Waals surface area contributed by atoms with Gasteiger partial charge in [0.05, 0.1) is 4.90 Å². The smallest absolute Gasteiger partial charge is 0.321 e. The van der Waals surface area contributed by atoms with Gasteiger partial charge < -0.3 is 15.1 Å².